The lowest BCUT2D eigenvalue weighted by atomic mass is 9.79. The largest absolute Gasteiger partial charge is 0.458 e. The van der Waals surface area contributed by atoms with E-state index in [2.05, 4.69) is 157 Å². The van der Waals surface area contributed by atoms with Crippen LogP contribution in [0.4, 0.5) is 5.69 Å². The molecule has 1 aliphatic heterocycles. The first-order valence-electron chi connectivity index (χ1n) is 16.9. The predicted octanol–water partition coefficient (Wildman–Crippen LogP) is 12.3. The fourth-order valence-corrected chi connectivity index (χ4v) is 8.16. The number of para-hydroxylation sites is 1. The monoisotopic (exact) mass is 616 g/mol. The summed E-state index contributed by atoms with van der Waals surface area (Å²) in [5.41, 5.74) is 7.87. The molecule has 0 spiro atoms. The quantitative estimate of drug-likeness (QED) is 0.194. The van der Waals surface area contributed by atoms with E-state index in [1.165, 1.54) is 60.0 Å². The maximum absolute atomic E-state index is 6.74. The van der Waals surface area contributed by atoms with Crippen LogP contribution in [0, 0.1) is 5.92 Å². The molecule has 10 rings (SSSR count). The lowest BCUT2D eigenvalue weighted by Crippen LogP contribution is -2.30. The number of hydrogen-bond donors (Lipinski definition) is 0. The standard InChI is InChI=1S/C45H32N2O/c1-2-34-41(31-22-20-29(21-23-31)28-12-4-3-5-13-28)44-43(36-18-10-11-19-40(36)48-44)46-45(34)47-38-25-24-30-14-8-9-17-35(30)42(38)37-26-32-15-6-7-16-33(32)27-39(37)47/h3-27,34,41H,2H2,1H3/t34-,41+/m0/s1. The summed E-state index contributed by atoms with van der Waals surface area (Å²) in [4.78, 5) is 5.62. The number of furan rings is 1. The fraction of sp³-hybridized carbons (Fsp3) is 0.0889. The maximum atomic E-state index is 6.74. The van der Waals surface area contributed by atoms with Crippen LogP contribution in [0.3, 0.4) is 0 Å². The van der Waals surface area contributed by atoms with Crippen LogP contribution in [-0.2, 0) is 0 Å². The molecule has 228 valence electrons. The molecule has 3 heteroatoms. The molecule has 0 saturated carbocycles. The van der Waals surface area contributed by atoms with Crippen molar-refractivity contribution in [3.63, 3.8) is 0 Å². The Morgan fingerprint density at radius 1 is 0.583 bits per heavy atom. The van der Waals surface area contributed by atoms with Crippen LogP contribution < -0.4 is 0 Å². The van der Waals surface area contributed by atoms with Gasteiger partial charge in [-0.05, 0) is 75.0 Å². The van der Waals surface area contributed by atoms with Crippen LogP contribution in [0.1, 0.15) is 30.6 Å². The van der Waals surface area contributed by atoms with Crippen molar-refractivity contribution in [3.8, 4) is 11.1 Å². The minimum absolute atomic E-state index is 0.00290. The molecule has 2 atom stereocenters. The molecular formula is C45H32N2O. The molecule has 7 aromatic carbocycles. The minimum Gasteiger partial charge on any atom is -0.458 e. The third-order valence-electron chi connectivity index (χ3n) is 10.4. The Bertz CT molecular complexity index is 2710. The lowest BCUT2D eigenvalue weighted by Gasteiger charge is -2.31. The lowest BCUT2D eigenvalue weighted by molar-refractivity contribution is 0.454. The zero-order valence-electron chi connectivity index (χ0n) is 26.6. The number of benzene rings is 7. The van der Waals surface area contributed by atoms with Gasteiger partial charge in [-0.25, -0.2) is 4.99 Å². The molecule has 0 amide bonds. The first-order valence-corrected chi connectivity index (χ1v) is 16.9. The van der Waals surface area contributed by atoms with Gasteiger partial charge in [0.05, 0.1) is 17.0 Å². The zero-order valence-corrected chi connectivity index (χ0v) is 26.6. The molecule has 0 radical (unpaired) electrons. The second-order valence-corrected chi connectivity index (χ2v) is 13.0. The van der Waals surface area contributed by atoms with Crippen molar-refractivity contribution in [2.45, 2.75) is 19.3 Å². The molecule has 3 nitrogen and oxygen atoms in total. The van der Waals surface area contributed by atoms with Gasteiger partial charge in [0.2, 0.25) is 0 Å². The number of nitrogens with zero attached hydrogens (tertiary/aromatic N) is 2. The van der Waals surface area contributed by atoms with Gasteiger partial charge in [-0.2, -0.15) is 0 Å². The van der Waals surface area contributed by atoms with Crippen LogP contribution in [0.2, 0.25) is 0 Å². The molecule has 0 N–H and O–H groups in total. The highest BCUT2D eigenvalue weighted by molar-refractivity contribution is 6.26. The Morgan fingerprint density at radius 2 is 1.25 bits per heavy atom. The van der Waals surface area contributed by atoms with E-state index in [0.717, 1.165) is 34.7 Å². The molecule has 2 aromatic heterocycles. The summed E-state index contributed by atoms with van der Waals surface area (Å²) in [7, 11) is 0. The molecule has 0 bridgehead atoms. The number of aliphatic imine (C=N–C) groups is 1. The number of rotatable bonds is 3. The van der Waals surface area contributed by atoms with Gasteiger partial charge in [0.1, 0.15) is 22.9 Å². The maximum Gasteiger partial charge on any atom is 0.139 e. The molecule has 9 aromatic rings. The SMILES string of the molecule is CC[C@@H]1C(n2c3cc4ccccc4cc3c3c4ccccc4ccc32)=Nc2c(oc3ccccc23)[C@@H]1c1ccc(-c2ccccc2)cc1. The average Bonchev–Trinajstić information content (AvgIpc) is 3.68. The van der Waals surface area contributed by atoms with Crippen LogP contribution in [-0.4, -0.2) is 10.4 Å². The molecule has 0 fully saturated rings. The van der Waals surface area contributed by atoms with Crippen molar-refractivity contribution < 1.29 is 4.42 Å². The van der Waals surface area contributed by atoms with Gasteiger partial charge in [-0.1, -0.05) is 128 Å². The van der Waals surface area contributed by atoms with Gasteiger partial charge in [0.25, 0.3) is 0 Å². The molecule has 0 aliphatic carbocycles. The number of hydrogen-bond acceptors (Lipinski definition) is 2. The van der Waals surface area contributed by atoms with E-state index in [-0.39, 0.29) is 11.8 Å². The van der Waals surface area contributed by atoms with Crippen molar-refractivity contribution in [1.82, 2.24) is 4.57 Å². The summed E-state index contributed by atoms with van der Waals surface area (Å²) in [5.74, 6) is 2.11. The summed E-state index contributed by atoms with van der Waals surface area (Å²) >= 11 is 0. The van der Waals surface area contributed by atoms with Gasteiger partial charge in [0, 0.05) is 22.1 Å². The normalized spacial score (nSPS) is 16.2. The minimum atomic E-state index is 0.00290. The van der Waals surface area contributed by atoms with Crippen molar-refractivity contribution in [3.05, 3.63) is 163 Å². The highest BCUT2D eigenvalue weighted by atomic mass is 16.3. The van der Waals surface area contributed by atoms with Gasteiger partial charge in [-0.15, -0.1) is 0 Å². The van der Waals surface area contributed by atoms with E-state index >= 15 is 0 Å². The van der Waals surface area contributed by atoms with E-state index in [1.54, 1.807) is 0 Å². The Morgan fingerprint density at radius 3 is 2.04 bits per heavy atom. The predicted molar refractivity (Wildman–Crippen MR) is 201 cm³/mol. The average molecular weight is 617 g/mol. The van der Waals surface area contributed by atoms with Gasteiger partial charge < -0.3 is 4.42 Å². The van der Waals surface area contributed by atoms with E-state index in [9.17, 15) is 0 Å². The van der Waals surface area contributed by atoms with Crippen molar-refractivity contribution >= 4 is 65.8 Å². The van der Waals surface area contributed by atoms with E-state index < -0.39 is 0 Å². The summed E-state index contributed by atoms with van der Waals surface area (Å²) in [6.07, 6.45) is 0.906. The second kappa shape index (κ2) is 10.5. The van der Waals surface area contributed by atoms with Crippen LogP contribution in [0.25, 0.3) is 65.4 Å². The summed E-state index contributed by atoms with van der Waals surface area (Å²) < 4.78 is 9.21. The Kier molecular flexibility index (Phi) is 5.98. The van der Waals surface area contributed by atoms with Crippen molar-refractivity contribution in [2.24, 2.45) is 10.9 Å². The number of aromatic nitrogens is 1. The molecule has 3 heterocycles. The van der Waals surface area contributed by atoms with Gasteiger partial charge in [0.15, 0.2) is 0 Å². The molecule has 48 heavy (non-hydrogen) atoms. The first kappa shape index (κ1) is 27.2. The molecule has 0 unspecified atom stereocenters. The third kappa shape index (κ3) is 3.97. The Labute approximate surface area is 278 Å². The zero-order chi connectivity index (χ0) is 31.8. The first-order chi connectivity index (χ1) is 23.8. The van der Waals surface area contributed by atoms with Crippen LogP contribution in [0.5, 0.6) is 0 Å². The molecule has 1 aliphatic rings. The Hall–Kier alpha value is -5.93. The van der Waals surface area contributed by atoms with Crippen LogP contribution >= 0.6 is 0 Å². The van der Waals surface area contributed by atoms with Crippen molar-refractivity contribution in [2.75, 3.05) is 0 Å². The molecule has 0 saturated heterocycles. The summed E-state index contributed by atoms with van der Waals surface area (Å²) in [6, 6.07) is 54.8. The number of fused-ring (bicyclic) bond motifs is 9. The third-order valence-corrected chi connectivity index (χ3v) is 10.4. The van der Waals surface area contributed by atoms with Gasteiger partial charge in [-0.3, -0.25) is 4.57 Å². The molecular weight excluding hydrogens is 585 g/mol. The van der Waals surface area contributed by atoms with E-state index in [0.29, 0.717) is 0 Å². The van der Waals surface area contributed by atoms with E-state index in [1.807, 2.05) is 6.07 Å². The van der Waals surface area contributed by atoms with Crippen LogP contribution in [0.15, 0.2) is 161 Å². The van der Waals surface area contributed by atoms with E-state index in [4.69, 9.17) is 9.41 Å². The fourth-order valence-electron chi connectivity index (χ4n) is 8.16. The highest BCUT2D eigenvalue weighted by Crippen LogP contribution is 2.50. The smallest absolute Gasteiger partial charge is 0.139 e. The van der Waals surface area contributed by atoms with Gasteiger partial charge >= 0.3 is 0 Å². The summed E-state index contributed by atoms with van der Waals surface area (Å²) in [6.45, 7) is 2.29. The summed E-state index contributed by atoms with van der Waals surface area (Å²) in [5, 5.41) is 8.57. The van der Waals surface area contributed by atoms with Crippen molar-refractivity contribution in [1.29, 1.82) is 0 Å². The topological polar surface area (TPSA) is 30.4 Å². The highest BCUT2D eigenvalue weighted by Gasteiger charge is 2.39. The Balaban J connectivity index is 1.28. The second-order valence-electron chi connectivity index (χ2n) is 13.0.